The third-order valence-electron chi connectivity index (χ3n) is 4.65. The summed E-state index contributed by atoms with van der Waals surface area (Å²) in [4.78, 5) is 14.7. The van der Waals surface area contributed by atoms with Gasteiger partial charge in [-0.1, -0.05) is 31.8 Å². The molecule has 0 spiro atoms. The van der Waals surface area contributed by atoms with Gasteiger partial charge in [0, 0.05) is 24.6 Å². The Hall–Kier alpha value is -2.17. The third-order valence-corrected chi connectivity index (χ3v) is 4.65. The topological polar surface area (TPSA) is 46.3 Å². The van der Waals surface area contributed by atoms with Gasteiger partial charge in [0.05, 0.1) is 6.04 Å². The van der Waals surface area contributed by atoms with Crippen molar-refractivity contribution in [3.63, 3.8) is 0 Å². The molecule has 4 nitrogen and oxygen atoms in total. The number of aromatic nitrogens is 1. The Morgan fingerprint density at radius 2 is 2.04 bits per heavy atom. The molecule has 1 saturated heterocycles. The van der Waals surface area contributed by atoms with Crippen LogP contribution in [-0.2, 0) is 4.79 Å². The van der Waals surface area contributed by atoms with Crippen LogP contribution >= 0.6 is 0 Å². The Kier molecular flexibility index (Phi) is 5.51. The number of likely N-dealkylation sites (tertiary alicyclic amines) is 1. The summed E-state index contributed by atoms with van der Waals surface area (Å²) in [7, 11) is 0. The number of benzene rings is 1. The summed E-state index contributed by atoms with van der Waals surface area (Å²) in [5.74, 6) is 0.852. The van der Waals surface area contributed by atoms with Crippen LogP contribution in [-0.4, -0.2) is 22.5 Å². The van der Waals surface area contributed by atoms with Crippen LogP contribution in [0.15, 0.2) is 34.9 Å². The van der Waals surface area contributed by atoms with Gasteiger partial charge < -0.3 is 9.42 Å². The van der Waals surface area contributed by atoms with Crippen molar-refractivity contribution in [2.45, 2.75) is 52.0 Å². The van der Waals surface area contributed by atoms with E-state index in [1.54, 1.807) is 12.1 Å². The fourth-order valence-electron chi connectivity index (χ4n) is 3.38. The van der Waals surface area contributed by atoms with Crippen LogP contribution in [0.2, 0.25) is 0 Å². The van der Waals surface area contributed by atoms with E-state index in [0.717, 1.165) is 43.5 Å². The van der Waals surface area contributed by atoms with Gasteiger partial charge in [0.25, 0.3) is 0 Å². The van der Waals surface area contributed by atoms with E-state index < -0.39 is 0 Å². The lowest BCUT2D eigenvalue weighted by Gasteiger charge is -2.29. The smallest absolute Gasteiger partial charge is 0.223 e. The average molecular weight is 344 g/mol. The highest BCUT2D eigenvalue weighted by atomic mass is 19.1. The molecule has 1 amide bonds. The van der Waals surface area contributed by atoms with E-state index in [0.29, 0.717) is 18.1 Å². The van der Waals surface area contributed by atoms with E-state index >= 15 is 0 Å². The first kappa shape index (κ1) is 17.6. The van der Waals surface area contributed by atoms with Crippen LogP contribution in [0.1, 0.15) is 57.7 Å². The van der Waals surface area contributed by atoms with Crippen molar-refractivity contribution in [3.05, 3.63) is 41.8 Å². The standard InChI is InChI=1S/C20H25FN2O2/c1-14(2)12-20(24)23-11-5-3-4-6-18(23)17-13-19(25-22-17)15-7-9-16(21)10-8-15/h7-10,13-14,18H,3-6,11-12H2,1-2H3/t18-/m1/s1. The molecule has 3 rings (SSSR count). The highest BCUT2D eigenvalue weighted by Gasteiger charge is 2.29. The third kappa shape index (κ3) is 4.27. The second-order valence-electron chi connectivity index (χ2n) is 7.17. The Morgan fingerprint density at radius 1 is 1.28 bits per heavy atom. The molecular weight excluding hydrogens is 319 g/mol. The number of halogens is 1. The second-order valence-corrected chi connectivity index (χ2v) is 7.17. The van der Waals surface area contributed by atoms with E-state index in [1.807, 2.05) is 11.0 Å². The number of nitrogens with zero attached hydrogens (tertiary/aromatic N) is 2. The molecule has 1 aliphatic rings. The van der Waals surface area contributed by atoms with Crippen LogP contribution in [0, 0.1) is 11.7 Å². The summed E-state index contributed by atoms with van der Waals surface area (Å²) in [6.07, 6.45) is 4.70. The highest BCUT2D eigenvalue weighted by Crippen LogP contribution is 2.33. The Labute approximate surface area is 148 Å². The molecule has 0 unspecified atom stereocenters. The van der Waals surface area contributed by atoms with Gasteiger partial charge in [-0.2, -0.15) is 0 Å². The molecule has 0 radical (unpaired) electrons. The molecule has 0 saturated carbocycles. The molecule has 1 atom stereocenters. The number of hydrogen-bond acceptors (Lipinski definition) is 3. The zero-order chi connectivity index (χ0) is 17.8. The van der Waals surface area contributed by atoms with Crippen molar-refractivity contribution < 1.29 is 13.7 Å². The van der Waals surface area contributed by atoms with Crippen molar-refractivity contribution in [1.29, 1.82) is 0 Å². The van der Waals surface area contributed by atoms with E-state index in [9.17, 15) is 9.18 Å². The quantitative estimate of drug-likeness (QED) is 0.786. The van der Waals surface area contributed by atoms with Gasteiger partial charge in [-0.3, -0.25) is 4.79 Å². The predicted octanol–water partition coefficient (Wildman–Crippen LogP) is 4.97. The van der Waals surface area contributed by atoms with Crippen molar-refractivity contribution in [2.24, 2.45) is 5.92 Å². The molecule has 0 N–H and O–H groups in total. The molecule has 1 fully saturated rings. The second kappa shape index (κ2) is 7.81. The van der Waals surface area contributed by atoms with Crippen LogP contribution in [0.4, 0.5) is 4.39 Å². The lowest BCUT2D eigenvalue weighted by atomic mass is 10.0. The maximum absolute atomic E-state index is 13.1. The van der Waals surface area contributed by atoms with Gasteiger partial charge in [0.15, 0.2) is 5.76 Å². The molecule has 5 heteroatoms. The Bertz CT molecular complexity index is 709. The van der Waals surface area contributed by atoms with Crippen molar-refractivity contribution >= 4 is 5.91 Å². The van der Waals surface area contributed by atoms with Gasteiger partial charge in [-0.25, -0.2) is 4.39 Å². The number of amides is 1. The first-order valence-corrected chi connectivity index (χ1v) is 9.06. The molecule has 2 aromatic rings. The summed E-state index contributed by atoms with van der Waals surface area (Å²) in [6.45, 7) is 4.90. The molecule has 2 heterocycles. The minimum absolute atomic E-state index is 0.0355. The average Bonchev–Trinajstić information content (AvgIpc) is 2.92. The van der Waals surface area contributed by atoms with Crippen LogP contribution < -0.4 is 0 Å². The number of carbonyl (C=O) groups excluding carboxylic acids is 1. The first-order chi connectivity index (χ1) is 12.0. The maximum Gasteiger partial charge on any atom is 0.223 e. The summed E-state index contributed by atoms with van der Waals surface area (Å²) in [6, 6.07) is 8.01. The van der Waals surface area contributed by atoms with E-state index in [-0.39, 0.29) is 17.8 Å². The summed E-state index contributed by atoms with van der Waals surface area (Å²) < 4.78 is 18.6. The van der Waals surface area contributed by atoms with E-state index in [1.165, 1.54) is 12.1 Å². The van der Waals surface area contributed by atoms with Crippen molar-refractivity contribution in [2.75, 3.05) is 6.54 Å². The van der Waals surface area contributed by atoms with Crippen LogP contribution in [0.5, 0.6) is 0 Å². The highest BCUT2D eigenvalue weighted by molar-refractivity contribution is 5.77. The number of hydrogen-bond donors (Lipinski definition) is 0. The zero-order valence-electron chi connectivity index (χ0n) is 14.9. The molecule has 0 bridgehead atoms. The minimum atomic E-state index is -0.280. The molecule has 0 aliphatic carbocycles. The number of rotatable bonds is 4. The zero-order valence-corrected chi connectivity index (χ0v) is 14.9. The van der Waals surface area contributed by atoms with Gasteiger partial charge in [0.1, 0.15) is 11.5 Å². The number of carbonyl (C=O) groups is 1. The molecule has 134 valence electrons. The molecule has 1 aliphatic heterocycles. The van der Waals surface area contributed by atoms with Crippen molar-refractivity contribution in [3.8, 4) is 11.3 Å². The maximum atomic E-state index is 13.1. The van der Waals surface area contributed by atoms with Gasteiger partial charge in [-0.15, -0.1) is 0 Å². The molecule has 1 aromatic heterocycles. The summed E-state index contributed by atoms with van der Waals surface area (Å²) in [5.41, 5.74) is 1.58. The molecule has 1 aromatic carbocycles. The Balaban J connectivity index is 1.84. The SMILES string of the molecule is CC(C)CC(=O)N1CCCCC[C@@H]1c1cc(-c2ccc(F)cc2)on1. The molecule has 25 heavy (non-hydrogen) atoms. The lowest BCUT2D eigenvalue weighted by Crippen LogP contribution is -2.35. The van der Waals surface area contributed by atoms with E-state index in [2.05, 4.69) is 19.0 Å². The first-order valence-electron chi connectivity index (χ1n) is 9.06. The summed E-state index contributed by atoms with van der Waals surface area (Å²) >= 11 is 0. The largest absolute Gasteiger partial charge is 0.356 e. The van der Waals surface area contributed by atoms with E-state index in [4.69, 9.17) is 4.52 Å². The van der Waals surface area contributed by atoms with Crippen LogP contribution in [0.25, 0.3) is 11.3 Å². The monoisotopic (exact) mass is 344 g/mol. The van der Waals surface area contributed by atoms with Gasteiger partial charge >= 0.3 is 0 Å². The summed E-state index contributed by atoms with van der Waals surface area (Å²) in [5, 5.41) is 4.23. The van der Waals surface area contributed by atoms with Crippen molar-refractivity contribution in [1.82, 2.24) is 10.1 Å². The fraction of sp³-hybridized carbons (Fsp3) is 0.500. The molecular formula is C20H25FN2O2. The normalized spacial score (nSPS) is 18.4. The predicted molar refractivity (Wildman–Crippen MR) is 94.3 cm³/mol. The van der Waals surface area contributed by atoms with Crippen LogP contribution in [0.3, 0.4) is 0 Å². The lowest BCUT2D eigenvalue weighted by molar-refractivity contribution is -0.134. The Morgan fingerprint density at radius 3 is 2.76 bits per heavy atom. The fourth-order valence-corrected chi connectivity index (χ4v) is 3.38. The van der Waals surface area contributed by atoms with Gasteiger partial charge in [0.2, 0.25) is 5.91 Å². The van der Waals surface area contributed by atoms with Gasteiger partial charge in [-0.05, 0) is 43.0 Å². The minimum Gasteiger partial charge on any atom is -0.356 e.